The fourth-order valence-corrected chi connectivity index (χ4v) is 4.87. The molecule has 0 bridgehead atoms. The molecule has 2 N–H and O–H groups in total. The van der Waals surface area contributed by atoms with Gasteiger partial charge in [-0.25, -0.2) is 9.59 Å². The van der Waals surface area contributed by atoms with E-state index in [1.165, 1.54) is 12.0 Å². The number of Topliss-reactive ketones (excluding diaryl/α,β-unsaturated/α-hetero) is 1. The molecule has 0 saturated heterocycles. The maximum atomic E-state index is 13.6. The number of hydrogen-bond donors (Lipinski definition) is 1. The average Bonchev–Trinajstić information content (AvgIpc) is 3.01. The van der Waals surface area contributed by atoms with Gasteiger partial charge in [-0.2, -0.15) is 0 Å². The lowest BCUT2D eigenvalue weighted by Crippen LogP contribution is -2.51. The molecule has 168 valence electrons. The summed E-state index contributed by atoms with van der Waals surface area (Å²) >= 11 is 0. The van der Waals surface area contributed by atoms with Gasteiger partial charge in [0.2, 0.25) is 0 Å². The Labute approximate surface area is 184 Å². The minimum atomic E-state index is -1.87. The van der Waals surface area contributed by atoms with Crippen LogP contribution in [0.25, 0.3) is 0 Å². The fraction of sp³-hybridized carbons (Fsp3) is 0.391. The normalized spacial score (nSPS) is 23.7. The van der Waals surface area contributed by atoms with Gasteiger partial charge in [0, 0.05) is 24.1 Å². The highest BCUT2D eigenvalue weighted by molar-refractivity contribution is 6.18. The van der Waals surface area contributed by atoms with Crippen molar-refractivity contribution < 1.29 is 33.4 Å². The van der Waals surface area contributed by atoms with Crippen molar-refractivity contribution in [3.05, 3.63) is 52.6 Å². The van der Waals surface area contributed by atoms with Crippen LogP contribution in [0.5, 0.6) is 0 Å². The summed E-state index contributed by atoms with van der Waals surface area (Å²) in [6.07, 6.45) is 0.524. The van der Waals surface area contributed by atoms with Crippen molar-refractivity contribution in [3.8, 4) is 0 Å². The first kappa shape index (κ1) is 21.6. The van der Waals surface area contributed by atoms with E-state index in [2.05, 4.69) is 0 Å². The van der Waals surface area contributed by atoms with Crippen LogP contribution < -0.4 is 10.6 Å². The van der Waals surface area contributed by atoms with Gasteiger partial charge in [-0.1, -0.05) is 32.0 Å². The summed E-state index contributed by atoms with van der Waals surface area (Å²) in [7, 11) is 2.39. The highest BCUT2D eigenvalue weighted by atomic mass is 16.5. The van der Waals surface area contributed by atoms with Crippen molar-refractivity contribution in [3.63, 3.8) is 0 Å². The molecule has 9 heteroatoms. The van der Waals surface area contributed by atoms with Gasteiger partial charge in [-0.3, -0.25) is 9.59 Å². The number of carbonyl (C=O) groups excluding carboxylic acids is 4. The van der Waals surface area contributed by atoms with E-state index < -0.39 is 28.7 Å². The van der Waals surface area contributed by atoms with Crippen LogP contribution in [0.1, 0.15) is 32.3 Å². The van der Waals surface area contributed by atoms with Crippen LogP contribution in [0.15, 0.2) is 47.0 Å². The topological polar surface area (TPSA) is 125 Å². The average molecular weight is 440 g/mol. The number of methoxy groups -OCH3 is 2. The molecule has 4 rings (SSSR count). The van der Waals surface area contributed by atoms with Gasteiger partial charge in [0.05, 0.1) is 19.8 Å². The third kappa shape index (κ3) is 2.84. The number of para-hydroxylation sites is 1. The van der Waals surface area contributed by atoms with E-state index >= 15 is 0 Å². The number of nitrogens with zero attached hydrogens (tertiary/aromatic N) is 1. The number of carbonyl (C=O) groups is 4. The van der Waals surface area contributed by atoms with Crippen LogP contribution in [-0.4, -0.2) is 44.5 Å². The highest BCUT2D eigenvalue weighted by Crippen LogP contribution is 2.57. The van der Waals surface area contributed by atoms with Crippen molar-refractivity contribution in [2.24, 2.45) is 11.1 Å². The molecule has 1 atom stereocenters. The Morgan fingerprint density at radius 3 is 2.47 bits per heavy atom. The second-order valence-corrected chi connectivity index (χ2v) is 8.81. The Bertz CT molecular complexity index is 1130. The van der Waals surface area contributed by atoms with Crippen LogP contribution >= 0.6 is 0 Å². The summed E-state index contributed by atoms with van der Waals surface area (Å²) in [6, 6.07) is 6.66. The number of anilines is 1. The molecular weight excluding hydrogens is 416 g/mol. The molecule has 3 aliphatic rings. The van der Waals surface area contributed by atoms with Crippen LogP contribution in [0, 0.1) is 5.41 Å². The van der Waals surface area contributed by atoms with E-state index in [1.807, 2.05) is 13.8 Å². The first-order chi connectivity index (χ1) is 15.1. The zero-order valence-electron chi connectivity index (χ0n) is 18.3. The highest BCUT2D eigenvalue weighted by Gasteiger charge is 2.64. The Hall–Kier alpha value is -3.62. The molecule has 0 saturated carbocycles. The van der Waals surface area contributed by atoms with Gasteiger partial charge in [-0.05, 0) is 11.5 Å². The molecule has 32 heavy (non-hydrogen) atoms. The second-order valence-electron chi connectivity index (χ2n) is 8.81. The quantitative estimate of drug-likeness (QED) is 0.549. The summed E-state index contributed by atoms with van der Waals surface area (Å²) in [6.45, 7) is 3.51. The first-order valence-electron chi connectivity index (χ1n) is 10.1. The summed E-state index contributed by atoms with van der Waals surface area (Å²) < 4.78 is 15.4. The molecule has 1 aliphatic carbocycles. The summed E-state index contributed by atoms with van der Waals surface area (Å²) in [4.78, 5) is 53.5. The molecule has 0 radical (unpaired) electrons. The molecule has 2 aliphatic heterocycles. The van der Waals surface area contributed by atoms with E-state index in [1.54, 1.807) is 24.3 Å². The van der Waals surface area contributed by atoms with Gasteiger partial charge in [0.15, 0.2) is 11.2 Å². The van der Waals surface area contributed by atoms with E-state index in [0.29, 0.717) is 17.7 Å². The van der Waals surface area contributed by atoms with E-state index in [9.17, 15) is 19.2 Å². The third-order valence-corrected chi connectivity index (χ3v) is 6.16. The van der Waals surface area contributed by atoms with Crippen LogP contribution in [-0.2, 0) is 38.8 Å². The summed E-state index contributed by atoms with van der Waals surface area (Å²) in [5.41, 5.74) is 4.71. The number of benzene rings is 1. The zero-order chi connectivity index (χ0) is 23.4. The smallest absolute Gasteiger partial charge is 0.339 e. The number of nitrogens with two attached hydrogens (primary N) is 1. The molecule has 0 unspecified atom stereocenters. The van der Waals surface area contributed by atoms with E-state index in [4.69, 9.17) is 19.9 Å². The van der Waals surface area contributed by atoms with Crippen molar-refractivity contribution in [1.82, 2.24) is 0 Å². The van der Waals surface area contributed by atoms with Crippen LogP contribution in [0.3, 0.4) is 0 Å². The number of rotatable bonds is 3. The zero-order valence-corrected chi connectivity index (χ0v) is 18.3. The van der Waals surface area contributed by atoms with E-state index in [0.717, 1.165) is 7.11 Å². The van der Waals surface area contributed by atoms with Crippen molar-refractivity contribution in [2.45, 2.75) is 32.1 Å². The van der Waals surface area contributed by atoms with Gasteiger partial charge in [0.1, 0.15) is 23.7 Å². The minimum absolute atomic E-state index is 0.107. The molecule has 2 heterocycles. The number of fused-ring (bicyclic) bond motifs is 3. The second kappa shape index (κ2) is 7.22. The predicted molar refractivity (Wildman–Crippen MR) is 112 cm³/mol. The molecule has 1 aromatic rings. The maximum Gasteiger partial charge on any atom is 0.339 e. The number of ketones is 1. The minimum Gasteiger partial charge on any atom is -0.468 e. The lowest BCUT2D eigenvalue weighted by atomic mass is 9.62. The number of allylic oxidation sites excluding steroid dienone is 1. The van der Waals surface area contributed by atoms with Gasteiger partial charge >= 0.3 is 17.9 Å². The Morgan fingerprint density at radius 2 is 1.81 bits per heavy atom. The van der Waals surface area contributed by atoms with E-state index in [-0.39, 0.29) is 41.5 Å². The van der Waals surface area contributed by atoms with Crippen molar-refractivity contribution in [1.29, 1.82) is 0 Å². The first-order valence-corrected chi connectivity index (χ1v) is 10.1. The lowest BCUT2D eigenvalue weighted by Gasteiger charge is -2.41. The fourth-order valence-electron chi connectivity index (χ4n) is 4.87. The molecular formula is C23H24N2O7. The Balaban J connectivity index is 2.08. The maximum absolute atomic E-state index is 13.6. The monoisotopic (exact) mass is 440 g/mol. The van der Waals surface area contributed by atoms with Crippen molar-refractivity contribution >= 4 is 29.4 Å². The van der Waals surface area contributed by atoms with Crippen LogP contribution in [0.2, 0.25) is 0 Å². The predicted octanol–water partition coefficient (Wildman–Crippen LogP) is 1.46. The Kier molecular flexibility index (Phi) is 4.87. The molecule has 1 spiro atoms. The van der Waals surface area contributed by atoms with Crippen LogP contribution in [0.4, 0.5) is 5.69 Å². The lowest BCUT2D eigenvalue weighted by molar-refractivity contribution is -0.145. The number of ether oxygens (including phenoxy) is 3. The molecule has 0 amide bonds. The molecule has 0 fully saturated rings. The third-order valence-electron chi connectivity index (χ3n) is 6.16. The molecule has 1 aromatic carbocycles. The Morgan fingerprint density at radius 1 is 1.12 bits per heavy atom. The molecule has 9 nitrogen and oxygen atoms in total. The summed E-state index contributed by atoms with van der Waals surface area (Å²) in [5.74, 6) is -2.52. The SMILES string of the molecule is COC(=O)CN1C(N)=C(C(=O)OC)[C@]2(C(=O)OC3=C2C(=O)CC(C)(C)C3)c2ccccc21. The standard InChI is InChI=1S/C23H24N2O7/c1-22(2)9-14(26)17-15(10-22)32-21(29)23(17)12-7-5-6-8-13(12)25(11-16(27)30-3)19(24)18(23)20(28)31-4/h5-8H,9-11,24H2,1-4H3/t23-/m0/s1. The number of hydrogen-bond acceptors (Lipinski definition) is 9. The van der Waals surface area contributed by atoms with Crippen molar-refractivity contribution in [2.75, 3.05) is 25.7 Å². The largest absolute Gasteiger partial charge is 0.468 e. The summed E-state index contributed by atoms with van der Waals surface area (Å²) in [5, 5.41) is 0. The van der Waals surface area contributed by atoms with Gasteiger partial charge in [0.25, 0.3) is 0 Å². The molecule has 0 aromatic heterocycles. The number of esters is 3. The van der Waals surface area contributed by atoms with Gasteiger partial charge in [-0.15, -0.1) is 0 Å². The van der Waals surface area contributed by atoms with Gasteiger partial charge < -0.3 is 24.8 Å².